The van der Waals surface area contributed by atoms with Crippen LogP contribution in [-0.4, -0.2) is 56.0 Å². The van der Waals surface area contributed by atoms with Crippen molar-refractivity contribution in [3.8, 4) is 0 Å². The molecule has 0 aromatic carbocycles. The maximum atomic E-state index is 13.5. The number of aryl methyl sites for hydroxylation is 1. The number of carbonyl (C=O) groups excluding carboxylic acids is 2. The summed E-state index contributed by atoms with van der Waals surface area (Å²) in [4.78, 5) is 53.8. The minimum Gasteiger partial charge on any atom is -0.444 e. The number of nitrogens with zero attached hydrogens (tertiary/aromatic N) is 5. The Balaban J connectivity index is 1.64. The van der Waals surface area contributed by atoms with Gasteiger partial charge in [0.15, 0.2) is 0 Å². The van der Waals surface area contributed by atoms with Crippen molar-refractivity contribution in [3.63, 3.8) is 0 Å². The molecular formula is C30H40BrN7O5. The summed E-state index contributed by atoms with van der Waals surface area (Å²) in [5.74, 6) is 0.291. The van der Waals surface area contributed by atoms with E-state index >= 15 is 0 Å². The van der Waals surface area contributed by atoms with Crippen LogP contribution >= 0.6 is 15.9 Å². The normalized spacial score (nSPS) is 14.0. The van der Waals surface area contributed by atoms with Crippen molar-refractivity contribution in [3.05, 3.63) is 44.9 Å². The molecule has 2 N–H and O–H groups in total. The summed E-state index contributed by atoms with van der Waals surface area (Å²) in [5.41, 5.74) is 0.359. The van der Waals surface area contributed by atoms with E-state index in [4.69, 9.17) is 14.5 Å². The summed E-state index contributed by atoms with van der Waals surface area (Å²) in [5, 5.41) is 6.59. The van der Waals surface area contributed by atoms with Crippen molar-refractivity contribution >= 4 is 56.6 Å². The molecule has 13 heteroatoms. The molecule has 0 unspecified atom stereocenters. The monoisotopic (exact) mass is 657 g/mol. The molecule has 1 fully saturated rings. The number of hydrogen-bond acceptors (Lipinski definition) is 9. The van der Waals surface area contributed by atoms with Crippen molar-refractivity contribution < 1.29 is 19.1 Å². The number of rotatable bonds is 7. The molecule has 0 spiro atoms. The number of hydrogen-bond donors (Lipinski definition) is 2. The van der Waals surface area contributed by atoms with Crippen LogP contribution in [0.4, 0.5) is 27.0 Å². The summed E-state index contributed by atoms with van der Waals surface area (Å²) in [6.07, 6.45) is 5.83. The van der Waals surface area contributed by atoms with Crippen LogP contribution in [-0.2, 0) is 9.47 Å². The largest absolute Gasteiger partial charge is 0.444 e. The first-order valence-corrected chi connectivity index (χ1v) is 15.2. The molecular weight excluding hydrogens is 618 g/mol. The highest BCUT2D eigenvalue weighted by molar-refractivity contribution is 9.10. The Hall–Kier alpha value is -3.74. The van der Waals surface area contributed by atoms with Crippen LogP contribution in [0.25, 0.3) is 11.0 Å². The number of pyridine rings is 2. The molecule has 1 aliphatic carbocycles. The quantitative estimate of drug-likeness (QED) is 0.277. The number of aromatic nitrogens is 4. The van der Waals surface area contributed by atoms with Gasteiger partial charge in [0.25, 0.3) is 5.56 Å². The van der Waals surface area contributed by atoms with Gasteiger partial charge in [0, 0.05) is 30.7 Å². The fourth-order valence-corrected chi connectivity index (χ4v) is 5.20. The van der Waals surface area contributed by atoms with Crippen LogP contribution in [0.15, 0.2) is 33.8 Å². The summed E-state index contributed by atoms with van der Waals surface area (Å²) in [6.45, 7) is 13.3. The van der Waals surface area contributed by atoms with Gasteiger partial charge in [0.2, 0.25) is 5.95 Å². The van der Waals surface area contributed by atoms with Gasteiger partial charge >= 0.3 is 12.2 Å². The van der Waals surface area contributed by atoms with E-state index in [1.54, 1.807) is 70.6 Å². The standard InChI is InChI=1S/C30H40BrN7O5/c1-18-21-17-35-26(36-24(21)37(25(39)23(18)31)20-10-8-9-11-20)38(28(41)43-30(5,6)7)22-13-12-19(16-34-22)32-14-15-33-27(40)42-29(2,3)4/h12-13,16-17,20,32H,8-11,14-15H2,1-7H3,(H,33,40). The maximum absolute atomic E-state index is 13.5. The second-order valence-corrected chi connectivity index (χ2v) is 13.3. The number of ether oxygens (including phenoxy) is 2. The van der Waals surface area contributed by atoms with E-state index in [1.807, 2.05) is 6.92 Å². The predicted molar refractivity (Wildman–Crippen MR) is 169 cm³/mol. The van der Waals surface area contributed by atoms with Gasteiger partial charge in [0.05, 0.1) is 16.4 Å². The molecule has 12 nitrogen and oxygen atoms in total. The molecule has 3 aromatic heterocycles. The van der Waals surface area contributed by atoms with Gasteiger partial charge in [-0.1, -0.05) is 12.8 Å². The van der Waals surface area contributed by atoms with Crippen LogP contribution in [0.1, 0.15) is 78.8 Å². The summed E-state index contributed by atoms with van der Waals surface area (Å²) < 4.78 is 13.2. The molecule has 3 aromatic rings. The van der Waals surface area contributed by atoms with Crippen LogP contribution < -0.4 is 21.1 Å². The molecule has 0 saturated heterocycles. The lowest BCUT2D eigenvalue weighted by Crippen LogP contribution is -2.35. The van der Waals surface area contributed by atoms with Gasteiger partial charge in [-0.15, -0.1) is 0 Å². The minimum absolute atomic E-state index is 0.0120. The third kappa shape index (κ3) is 8.01. The molecule has 0 bridgehead atoms. The molecule has 4 rings (SSSR count). The second kappa shape index (κ2) is 12.9. The van der Waals surface area contributed by atoms with E-state index in [2.05, 4.69) is 36.5 Å². The van der Waals surface area contributed by atoms with E-state index in [-0.39, 0.29) is 23.4 Å². The number of fused-ring (bicyclic) bond motifs is 1. The zero-order chi connectivity index (χ0) is 31.5. The first kappa shape index (κ1) is 32.2. The third-order valence-electron chi connectivity index (χ3n) is 6.69. The average molecular weight is 659 g/mol. The molecule has 3 heterocycles. The average Bonchev–Trinajstić information content (AvgIpc) is 3.43. The minimum atomic E-state index is -0.789. The lowest BCUT2D eigenvalue weighted by Gasteiger charge is -2.26. The fourth-order valence-electron chi connectivity index (χ4n) is 4.80. The molecule has 232 valence electrons. The summed E-state index contributed by atoms with van der Waals surface area (Å²) >= 11 is 3.47. The number of halogens is 1. The SMILES string of the molecule is Cc1c(Br)c(=O)n(C2CCCC2)c2nc(N(C(=O)OC(C)(C)C)c3ccc(NCCNC(=O)OC(C)(C)C)cn3)ncc12. The van der Waals surface area contributed by atoms with E-state index in [9.17, 15) is 14.4 Å². The van der Waals surface area contributed by atoms with E-state index in [0.29, 0.717) is 28.9 Å². The Labute approximate surface area is 259 Å². The summed E-state index contributed by atoms with van der Waals surface area (Å²) in [6, 6.07) is 3.42. The smallest absolute Gasteiger partial charge is 0.423 e. The van der Waals surface area contributed by atoms with Gasteiger partial charge in [-0.3, -0.25) is 9.36 Å². The molecule has 1 saturated carbocycles. The first-order valence-electron chi connectivity index (χ1n) is 14.4. The Morgan fingerprint density at radius 3 is 2.30 bits per heavy atom. The van der Waals surface area contributed by atoms with Gasteiger partial charge in [-0.2, -0.15) is 9.88 Å². The Morgan fingerprint density at radius 2 is 1.70 bits per heavy atom. The van der Waals surface area contributed by atoms with E-state index < -0.39 is 23.4 Å². The third-order valence-corrected chi connectivity index (χ3v) is 7.62. The van der Waals surface area contributed by atoms with Crippen molar-refractivity contribution in [2.24, 2.45) is 0 Å². The topological polar surface area (TPSA) is 141 Å². The van der Waals surface area contributed by atoms with Gasteiger partial charge in [0.1, 0.15) is 22.7 Å². The van der Waals surface area contributed by atoms with Gasteiger partial charge in [-0.05, 0) is 94.9 Å². The molecule has 2 amide bonds. The van der Waals surface area contributed by atoms with Crippen LogP contribution in [0, 0.1) is 6.92 Å². The van der Waals surface area contributed by atoms with Crippen molar-refractivity contribution in [1.29, 1.82) is 0 Å². The van der Waals surface area contributed by atoms with Crippen LogP contribution in [0.2, 0.25) is 0 Å². The maximum Gasteiger partial charge on any atom is 0.423 e. The van der Waals surface area contributed by atoms with Gasteiger partial charge in [-0.25, -0.2) is 19.6 Å². The molecule has 0 radical (unpaired) electrons. The molecule has 1 aliphatic rings. The number of nitrogens with one attached hydrogen (secondary N) is 2. The highest BCUT2D eigenvalue weighted by atomic mass is 79.9. The lowest BCUT2D eigenvalue weighted by atomic mass is 10.1. The lowest BCUT2D eigenvalue weighted by molar-refractivity contribution is 0.0528. The molecule has 43 heavy (non-hydrogen) atoms. The van der Waals surface area contributed by atoms with Gasteiger partial charge < -0.3 is 20.1 Å². The van der Waals surface area contributed by atoms with Crippen LogP contribution in [0.5, 0.6) is 0 Å². The van der Waals surface area contributed by atoms with Crippen LogP contribution in [0.3, 0.4) is 0 Å². The Bertz CT molecular complexity index is 1540. The highest BCUT2D eigenvalue weighted by Gasteiger charge is 2.30. The number of carbonyl (C=O) groups is 2. The van der Waals surface area contributed by atoms with Crippen molar-refractivity contribution in [2.45, 2.75) is 91.4 Å². The number of amides is 2. The highest BCUT2D eigenvalue weighted by Crippen LogP contribution is 2.33. The van der Waals surface area contributed by atoms with E-state index in [1.165, 1.54) is 4.90 Å². The number of alkyl carbamates (subject to hydrolysis) is 1. The predicted octanol–water partition coefficient (Wildman–Crippen LogP) is 6.38. The Kier molecular flexibility index (Phi) is 9.63. The zero-order valence-corrected chi connectivity index (χ0v) is 27.4. The fraction of sp³-hybridized carbons (Fsp3) is 0.533. The Morgan fingerprint density at radius 1 is 1.02 bits per heavy atom. The van der Waals surface area contributed by atoms with Crippen molar-refractivity contribution in [1.82, 2.24) is 24.8 Å². The molecule has 0 atom stereocenters. The second-order valence-electron chi connectivity index (χ2n) is 12.5. The summed E-state index contributed by atoms with van der Waals surface area (Å²) in [7, 11) is 0. The van der Waals surface area contributed by atoms with Crippen molar-refractivity contribution in [2.75, 3.05) is 23.3 Å². The van der Waals surface area contributed by atoms with E-state index in [0.717, 1.165) is 36.6 Å². The number of anilines is 3. The zero-order valence-electron chi connectivity index (χ0n) is 25.8. The first-order chi connectivity index (χ1) is 20.1. The molecule has 0 aliphatic heterocycles.